The standard InChI is InChI=1S/C21H21N5/c1-16-7-6-9-18(23-16)14-26(13-17-8-4-5-12-22-17)15-21-24-19-10-2-3-11-20(19)25-21/h2-12H,13-15H2,1H3,(H,24,25). The predicted molar refractivity (Wildman–Crippen MR) is 102 cm³/mol. The molecule has 0 radical (unpaired) electrons. The highest BCUT2D eigenvalue weighted by atomic mass is 15.2. The summed E-state index contributed by atoms with van der Waals surface area (Å²) in [6, 6.07) is 20.3. The third kappa shape index (κ3) is 3.95. The number of para-hydroxylation sites is 2. The van der Waals surface area contributed by atoms with Crippen LogP contribution in [0.4, 0.5) is 0 Å². The van der Waals surface area contributed by atoms with Gasteiger partial charge in [-0.15, -0.1) is 0 Å². The van der Waals surface area contributed by atoms with Crippen molar-refractivity contribution in [2.45, 2.75) is 26.6 Å². The fourth-order valence-corrected chi connectivity index (χ4v) is 3.10. The van der Waals surface area contributed by atoms with Crippen molar-refractivity contribution in [3.8, 4) is 0 Å². The zero-order chi connectivity index (χ0) is 17.8. The van der Waals surface area contributed by atoms with Gasteiger partial charge in [0.25, 0.3) is 0 Å². The zero-order valence-corrected chi connectivity index (χ0v) is 14.8. The van der Waals surface area contributed by atoms with Gasteiger partial charge in [-0.3, -0.25) is 14.9 Å². The van der Waals surface area contributed by atoms with Crippen LogP contribution in [0.5, 0.6) is 0 Å². The molecule has 0 bridgehead atoms. The van der Waals surface area contributed by atoms with Gasteiger partial charge in [0, 0.05) is 25.0 Å². The van der Waals surface area contributed by atoms with Crippen LogP contribution in [-0.4, -0.2) is 24.8 Å². The van der Waals surface area contributed by atoms with E-state index in [0.29, 0.717) is 6.54 Å². The van der Waals surface area contributed by atoms with Gasteiger partial charge >= 0.3 is 0 Å². The highest BCUT2D eigenvalue weighted by Gasteiger charge is 2.12. The first kappa shape index (κ1) is 16.4. The Morgan fingerprint density at radius 3 is 2.42 bits per heavy atom. The molecule has 0 atom stereocenters. The third-order valence-corrected chi connectivity index (χ3v) is 4.26. The van der Waals surface area contributed by atoms with E-state index >= 15 is 0 Å². The lowest BCUT2D eigenvalue weighted by molar-refractivity contribution is 0.236. The SMILES string of the molecule is Cc1cccc(CN(Cc2ccccn2)Cc2nc3ccccc3[nH]2)n1. The molecule has 130 valence electrons. The molecule has 0 unspecified atom stereocenters. The van der Waals surface area contributed by atoms with Crippen molar-refractivity contribution < 1.29 is 0 Å². The van der Waals surface area contributed by atoms with Crippen molar-refractivity contribution in [3.63, 3.8) is 0 Å². The van der Waals surface area contributed by atoms with Crippen LogP contribution in [0, 0.1) is 6.92 Å². The summed E-state index contributed by atoms with van der Waals surface area (Å²) in [6.07, 6.45) is 1.83. The van der Waals surface area contributed by atoms with Crippen molar-refractivity contribution in [1.29, 1.82) is 0 Å². The first-order valence-electron chi connectivity index (χ1n) is 8.75. The number of aryl methyl sites for hydroxylation is 1. The van der Waals surface area contributed by atoms with Gasteiger partial charge in [0.1, 0.15) is 5.82 Å². The first-order chi connectivity index (χ1) is 12.8. The molecular weight excluding hydrogens is 322 g/mol. The van der Waals surface area contributed by atoms with Gasteiger partial charge in [-0.05, 0) is 43.3 Å². The maximum atomic E-state index is 4.72. The molecule has 0 saturated heterocycles. The van der Waals surface area contributed by atoms with Crippen LogP contribution in [0.25, 0.3) is 11.0 Å². The molecule has 0 amide bonds. The number of nitrogens with one attached hydrogen (secondary N) is 1. The van der Waals surface area contributed by atoms with E-state index < -0.39 is 0 Å². The van der Waals surface area contributed by atoms with Crippen molar-refractivity contribution >= 4 is 11.0 Å². The first-order valence-corrected chi connectivity index (χ1v) is 8.75. The van der Waals surface area contributed by atoms with E-state index in [-0.39, 0.29) is 0 Å². The van der Waals surface area contributed by atoms with Crippen LogP contribution in [0.2, 0.25) is 0 Å². The number of fused-ring (bicyclic) bond motifs is 1. The van der Waals surface area contributed by atoms with Crippen LogP contribution in [0.1, 0.15) is 22.9 Å². The number of aromatic amines is 1. The molecule has 5 nitrogen and oxygen atoms in total. The topological polar surface area (TPSA) is 57.7 Å². The summed E-state index contributed by atoms with van der Waals surface area (Å²) in [5.41, 5.74) is 5.18. The Bertz CT molecular complexity index is 960. The highest BCUT2D eigenvalue weighted by Crippen LogP contribution is 2.15. The van der Waals surface area contributed by atoms with Crippen LogP contribution >= 0.6 is 0 Å². The van der Waals surface area contributed by atoms with Gasteiger partial charge in [0.15, 0.2) is 0 Å². The van der Waals surface area contributed by atoms with Crippen LogP contribution in [0.15, 0.2) is 66.9 Å². The summed E-state index contributed by atoms with van der Waals surface area (Å²) in [4.78, 5) is 19.6. The molecule has 0 aliphatic heterocycles. The van der Waals surface area contributed by atoms with E-state index in [9.17, 15) is 0 Å². The quantitative estimate of drug-likeness (QED) is 0.577. The molecule has 0 fully saturated rings. The third-order valence-electron chi connectivity index (χ3n) is 4.26. The molecule has 5 heteroatoms. The van der Waals surface area contributed by atoms with E-state index in [2.05, 4.69) is 44.1 Å². The second kappa shape index (κ2) is 7.45. The Hall–Kier alpha value is -3.05. The molecule has 0 aliphatic carbocycles. The summed E-state index contributed by atoms with van der Waals surface area (Å²) in [5, 5.41) is 0. The van der Waals surface area contributed by atoms with E-state index in [1.165, 1.54) is 0 Å². The molecule has 26 heavy (non-hydrogen) atoms. The molecule has 0 spiro atoms. The lowest BCUT2D eigenvalue weighted by Gasteiger charge is -2.20. The maximum Gasteiger partial charge on any atom is 0.121 e. The second-order valence-corrected chi connectivity index (χ2v) is 6.44. The lowest BCUT2D eigenvalue weighted by atomic mass is 10.2. The Morgan fingerprint density at radius 2 is 1.62 bits per heavy atom. The number of aromatic nitrogens is 4. The smallest absolute Gasteiger partial charge is 0.121 e. The molecule has 3 heterocycles. The zero-order valence-electron chi connectivity index (χ0n) is 14.8. The fourth-order valence-electron chi connectivity index (χ4n) is 3.10. The van der Waals surface area contributed by atoms with Crippen LogP contribution in [-0.2, 0) is 19.6 Å². The minimum Gasteiger partial charge on any atom is -0.341 e. The van der Waals surface area contributed by atoms with E-state index in [1.807, 2.05) is 49.5 Å². The maximum absolute atomic E-state index is 4.72. The summed E-state index contributed by atoms with van der Waals surface area (Å²) in [7, 11) is 0. The molecule has 0 saturated carbocycles. The molecule has 4 aromatic rings. The average Bonchev–Trinajstić information content (AvgIpc) is 3.05. The van der Waals surface area contributed by atoms with Gasteiger partial charge in [-0.1, -0.05) is 24.3 Å². The average molecular weight is 343 g/mol. The van der Waals surface area contributed by atoms with Crippen molar-refractivity contribution in [2.24, 2.45) is 0 Å². The number of nitrogens with zero attached hydrogens (tertiary/aromatic N) is 4. The van der Waals surface area contributed by atoms with E-state index in [0.717, 1.165) is 47.0 Å². The number of pyridine rings is 2. The highest BCUT2D eigenvalue weighted by molar-refractivity contribution is 5.74. The summed E-state index contributed by atoms with van der Waals surface area (Å²) < 4.78 is 0. The van der Waals surface area contributed by atoms with Crippen molar-refractivity contribution in [2.75, 3.05) is 0 Å². The molecular formula is C21H21N5. The molecule has 0 aliphatic rings. The number of rotatable bonds is 6. The van der Waals surface area contributed by atoms with Crippen LogP contribution < -0.4 is 0 Å². The molecule has 4 rings (SSSR count). The number of H-pyrrole nitrogens is 1. The van der Waals surface area contributed by atoms with Gasteiger partial charge in [-0.2, -0.15) is 0 Å². The van der Waals surface area contributed by atoms with E-state index in [1.54, 1.807) is 0 Å². The van der Waals surface area contributed by atoms with Gasteiger partial charge in [-0.25, -0.2) is 4.98 Å². The van der Waals surface area contributed by atoms with Gasteiger partial charge in [0.2, 0.25) is 0 Å². The Labute approximate surface area is 152 Å². The molecule has 1 aromatic carbocycles. The summed E-state index contributed by atoms with van der Waals surface area (Å²) in [5.74, 6) is 0.954. The number of imidazole rings is 1. The molecule has 1 N–H and O–H groups in total. The van der Waals surface area contributed by atoms with E-state index in [4.69, 9.17) is 4.98 Å². The van der Waals surface area contributed by atoms with Gasteiger partial charge < -0.3 is 4.98 Å². The largest absolute Gasteiger partial charge is 0.341 e. The second-order valence-electron chi connectivity index (χ2n) is 6.44. The lowest BCUT2D eigenvalue weighted by Crippen LogP contribution is -2.24. The summed E-state index contributed by atoms with van der Waals surface area (Å²) >= 11 is 0. The van der Waals surface area contributed by atoms with Crippen molar-refractivity contribution in [1.82, 2.24) is 24.8 Å². The molecule has 3 aromatic heterocycles. The summed E-state index contributed by atoms with van der Waals surface area (Å²) in [6.45, 7) is 4.22. The predicted octanol–water partition coefficient (Wildman–Crippen LogP) is 3.86. The minimum atomic E-state index is 0.709. The number of hydrogen-bond acceptors (Lipinski definition) is 4. The minimum absolute atomic E-state index is 0.709. The number of benzene rings is 1. The normalized spacial score (nSPS) is 11.3. The monoisotopic (exact) mass is 343 g/mol. The Kier molecular flexibility index (Phi) is 4.71. The Morgan fingerprint density at radius 1 is 0.808 bits per heavy atom. The van der Waals surface area contributed by atoms with Crippen molar-refractivity contribution in [3.05, 3.63) is 89.8 Å². The Balaban J connectivity index is 1.58. The van der Waals surface area contributed by atoms with Gasteiger partial charge in [0.05, 0.1) is 29.0 Å². The fraction of sp³-hybridized carbons (Fsp3) is 0.190. The van der Waals surface area contributed by atoms with Crippen LogP contribution in [0.3, 0.4) is 0 Å². The number of hydrogen-bond donors (Lipinski definition) is 1.